The predicted octanol–water partition coefficient (Wildman–Crippen LogP) is 4.56. The van der Waals surface area contributed by atoms with Crippen LogP contribution in [0.3, 0.4) is 0 Å². The summed E-state index contributed by atoms with van der Waals surface area (Å²) in [5.74, 6) is 0.929. The number of hydrogen-bond acceptors (Lipinski definition) is 4. The molecule has 1 amide bonds. The first-order chi connectivity index (χ1) is 12.0. The third-order valence-corrected chi connectivity index (χ3v) is 5.10. The highest BCUT2D eigenvalue weighted by atomic mass is 35.5. The van der Waals surface area contributed by atoms with Crippen LogP contribution in [0.25, 0.3) is 10.9 Å². The fraction of sp³-hybridized carbons (Fsp3) is 0.211. The van der Waals surface area contributed by atoms with Crippen molar-refractivity contribution in [2.75, 3.05) is 5.75 Å². The molecule has 0 fully saturated rings. The van der Waals surface area contributed by atoms with Gasteiger partial charge in [0.2, 0.25) is 5.91 Å². The molecule has 1 heterocycles. The summed E-state index contributed by atoms with van der Waals surface area (Å²) in [5.41, 5.74) is 1.80. The topological polar surface area (TPSA) is 54.9 Å². The van der Waals surface area contributed by atoms with Gasteiger partial charge < -0.3 is 5.32 Å². The lowest BCUT2D eigenvalue weighted by atomic mass is 10.1. The van der Waals surface area contributed by atoms with Gasteiger partial charge in [-0.25, -0.2) is 9.97 Å². The first-order valence-electron chi connectivity index (χ1n) is 7.94. The Labute approximate surface area is 156 Å². The fourth-order valence-corrected chi connectivity index (χ4v) is 3.76. The number of para-hydroxylation sites is 1. The molecule has 4 nitrogen and oxygen atoms in total. The lowest BCUT2D eigenvalue weighted by Gasteiger charge is -2.15. The fourth-order valence-electron chi connectivity index (χ4n) is 2.59. The molecule has 0 saturated carbocycles. The van der Waals surface area contributed by atoms with Gasteiger partial charge in [-0.2, -0.15) is 0 Å². The van der Waals surface area contributed by atoms with Crippen LogP contribution in [-0.2, 0) is 4.79 Å². The standard InChI is InChI=1S/C19H18ClN3OS/c1-12(14-7-3-5-9-16(14)20)21-18(24)11-25-19-15-8-4-6-10-17(15)22-13(2)23-19/h3-10,12H,11H2,1-2H3,(H,21,24). The van der Waals surface area contributed by atoms with Gasteiger partial charge in [-0.05, 0) is 31.5 Å². The largest absolute Gasteiger partial charge is 0.349 e. The van der Waals surface area contributed by atoms with Crippen molar-refractivity contribution in [1.29, 1.82) is 0 Å². The highest BCUT2D eigenvalue weighted by molar-refractivity contribution is 8.00. The molecular weight excluding hydrogens is 354 g/mol. The highest BCUT2D eigenvalue weighted by Crippen LogP contribution is 2.26. The molecule has 3 rings (SSSR count). The number of fused-ring (bicyclic) bond motifs is 1. The lowest BCUT2D eigenvalue weighted by molar-refractivity contribution is -0.119. The van der Waals surface area contributed by atoms with Crippen LogP contribution in [0.4, 0.5) is 0 Å². The molecule has 3 aromatic rings. The second-order valence-corrected chi connectivity index (χ2v) is 7.06. The Morgan fingerprint density at radius 2 is 1.88 bits per heavy atom. The summed E-state index contributed by atoms with van der Waals surface area (Å²) < 4.78 is 0. The van der Waals surface area contributed by atoms with E-state index in [0.29, 0.717) is 10.8 Å². The lowest BCUT2D eigenvalue weighted by Crippen LogP contribution is -2.28. The summed E-state index contributed by atoms with van der Waals surface area (Å²) in [6.45, 7) is 3.78. The first kappa shape index (κ1) is 17.7. The number of aromatic nitrogens is 2. The Balaban J connectivity index is 1.68. The number of thioether (sulfide) groups is 1. The van der Waals surface area contributed by atoms with Gasteiger partial charge in [0.1, 0.15) is 10.9 Å². The number of rotatable bonds is 5. The maximum absolute atomic E-state index is 12.3. The number of aryl methyl sites for hydroxylation is 1. The molecule has 0 spiro atoms. The van der Waals surface area contributed by atoms with Gasteiger partial charge in [-0.1, -0.05) is 59.8 Å². The van der Waals surface area contributed by atoms with Crippen molar-refractivity contribution in [3.63, 3.8) is 0 Å². The van der Waals surface area contributed by atoms with E-state index >= 15 is 0 Å². The summed E-state index contributed by atoms with van der Waals surface area (Å²) in [5, 5.41) is 5.42. The Hall–Kier alpha value is -2.11. The second kappa shape index (κ2) is 7.85. The Kier molecular flexibility index (Phi) is 5.56. The van der Waals surface area contributed by atoms with Crippen LogP contribution in [-0.4, -0.2) is 21.6 Å². The molecular formula is C19H18ClN3OS. The molecule has 0 bridgehead atoms. The molecule has 0 aliphatic carbocycles. The number of carbonyl (C=O) groups excluding carboxylic acids is 1. The van der Waals surface area contributed by atoms with Gasteiger partial charge in [-0.15, -0.1) is 0 Å². The Morgan fingerprint density at radius 3 is 2.68 bits per heavy atom. The van der Waals surface area contributed by atoms with Gasteiger partial charge in [0, 0.05) is 10.4 Å². The van der Waals surface area contributed by atoms with Crippen molar-refractivity contribution in [3.05, 3.63) is 64.9 Å². The number of amides is 1. The average molecular weight is 372 g/mol. The van der Waals surface area contributed by atoms with E-state index in [1.54, 1.807) is 0 Å². The molecule has 0 aliphatic rings. The van der Waals surface area contributed by atoms with Crippen molar-refractivity contribution >= 4 is 40.2 Å². The summed E-state index contributed by atoms with van der Waals surface area (Å²) in [6.07, 6.45) is 0. The zero-order chi connectivity index (χ0) is 17.8. The molecule has 1 unspecified atom stereocenters. The quantitative estimate of drug-likeness (QED) is 0.527. The van der Waals surface area contributed by atoms with Crippen LogP contribution in [0.2, 0.25) is 5.02 Å². The SMILES string of the molecule is Cc1nc(SCC(=O)NC(C)c2ccccc2Cl)c2ccccc2n1. The van der Waals surface area contributed by atoms with Gasteiger partial charge in [0.15, 0.2) is 0 Å². The molecule has 2 aromatic carbocycles. The summed E-state index contributed by atoms with van der Waals surface area (Å²) in [7, 11) is 0. The minimum absolute atomic E-state index is 0.0576. The van der Waals surface area contributed by atoms with E-state index in [1.165, 1.54) is 11.8 Å². The van der Waals surface area contributed by atoms with Gasteiger partial charge in [0.25, 0.3) is 0 Å². The van der Waals surface area contributed by atoms with Crippen molar-refractivity contribution in [2.45, 2.75) is 24.9 Å². The number of nitrogens with zero attached hydrogens (tertiary/aromatic N) is 2. The molecule has 0 aliphatic heterocycles. The molecule has 25 heavy (non-hydrogen) atoms. The number of halogens is 1. The van der Waals surface area contributed by atoms with E-state index in [1.807, 2.05) is 62.4 Å². The zero-order valence-electron chi connectivity index (χ0n) is 14.0. The smallest absolute Gasteiger partial charge is 0.230 e. The predicted molar refractivity (Wildman–Crippen MR) is 103 cm³/mol. The Morgan fingerprint density at radius 1 is 1.16 bits per heavy atom. The molecule has 1 N–H and O–H groups in total. The monoisotopic (exact) mass is 371 g/mol. The van der Waals surface area contributed by atoms with E-state index in [2.05, 4.69) is 15.3 Å². The molecule has 6 heteroatoms. The van der Waals surface area contributed by atoms with Gasteiger partial charge in [0.05, 0.1) is 17.3 Å². The van der Waals surface area contributed by atoms with Crippen LogP contribution >= 0.6 is 23.4 Å². The minimum Gasteiger partial charge on any atom is -0.349 e. The highest BCUT2D eigenvalue weighted by Gasteiger charge is 2.14. The van der Waals surface area contributed by atoms with Crippen LogP contribution < -0.4 is 5.32 Å². The molecule has 1 aromatic heterocycles. The molecule has 0 saturated heterocycles. The molecule has 1 atom stereocenters. The van der Waals surface area contributed by atoms with E-state index in [4.69, 9.17) is 11.6 Å². The number of hydrogen-bond donors (Lipinski definition) is 1. The average Bonchev–Trinajstić information content (AvgIpc) is 2.59. The third kappa shape index (κ3) is 4.30. The molecule has 128 valence electrons. The minimum atomic E-state index is -0.148. The first-order valence-corrected chi connectivity index (χ1v) is 9.31. The summed E-state index contributed by atoms with van der Waals surface area (Å²) in [6, 6.07) is 15.2. The summed E-state index contributed by atoms with van der Waals surface area (Å²) in [4.78, 5) is 21.2. The van der Waals surface area contributed by atoms with Crippen LogP contribution in [0.1, 0.15) is 24.4 Å². The van der Waals surface area contributed by atoms with E-state index in [9.17, 15) is 4.79 Å². The van der Waals surface area contributed by atoms with Crippen molar-refractivity contribution in [1.82, 2.24) is 15.3 Å². The van der Waals surface area contributed by atoms with E-state index in [-0.39, 0.29) is 17.7 Å². The number of nitrogens with one attached hydrogen (secondary N) is 1. The van der Waals surface area contributed by atoms with Crippen molar-refractivity contribution < 1.29 is 4.79 Å². The van der Waals surface area contributed by atoms with Crippen LogP contribution in [0.15, 0.2) is 53.6 Å². The Bertz CT molecular complexity index is 916. The van der Waals surface area contributed by atoms with E-state index in [0.717, 1.165) is 21.5 Å². The summed E-state index contributed by atoms with van der Waals surface area (Å²) >= 11 is 7.60. The zero-order valence-corrected chi connectivity index (χ0v) is 15.6. The second-order valence-electron chi connectivity index (χ2n) is 5.69. The van der Waals surface area contributed by atoms with Crippen LogP contribution in [0.5, 0.6) is 0 Å². The van der Waals surface area contributed by atoms with Gasteiger partial charge in [-0.3, -0.25) is 4.79 Å². The maximum Gasteiger partial charge on any atom is 0.230 e. The number of carbonyl (C=O) groups is 1. The van der Waals surface area contributed by atoms with Gasteiger partial charge >= 0.3 is 0 Å². The van der Waals surface area contributed by atoms with Crippen molar-refractivity contribution in [2.24, 2.45) is 0 Å². The van der Waals surface area contributed by atoms with E-state index < -0.39 is 0 Å². The third-order valence-electron chi connectivity index (χ3n) is 3.77. The van der Waals surface area contributed by atoms with Crippen molar-refractivity contribution in [3.8, 4) is 0 Å². The maximum atomic E-state index is 12.3. The molecule has 0 radical (unpaired) electrons. The normalized spacial score (nSPS) is 12.1. The number of benzene rings is 2. The van der Waals surface area contributed by atoms with Crippen LogP contribution in [0, 0.1) is 6.92 Å².